The molecule has 0 fully saturated rings. The number of amides is 1. The van der Waals surface area contributed by atoms with E-state index < -0.39 is 21.4 Å². The van der Waals surface area contributed by atoms with Crippen LogP contribution in [-0.4, -0.2) is 48.2 Å². The van der Waals surface area contributed by atoms with Gasteiger partial charge >= 0.3 is 0 Å². The van der Waals surface area contributed by atoms with Crippen molar-refractivity contribution in [1.29, 1.82) is 0 Å². The maximum atomic E-state index is 13.4. The van der Waals surface area contributed by atoms with E-state index in [1.165, 1.54) is 27.5 Å². The van der Waals surface area contributed by atoms with E-state index in [1.807, 2.05) is 30.3 Å². The second kappa shape index (κ2) is 10.1. The number of pyridine rings is 1. The number of hydrogen-bond donors (Lipinski definition) is 0. The summed E-state index contributed by atoms with van der Waals surface area (Å²) < 4.78 is 29.1. The fourth-order valence-corrected chi connectivity index (χ4v) is 5.31. The number of allylic oxidation sites excluding steroid dienone is 1. The Morgan fingerprint density at radius 2 is 1.76 bits per heavy atom. The van der Waals surface area contributed by atoms with E-state index in [4.69, 9.17) is 0 Å². The molecule has 0 saturated heterocycles. The first-order valence-corrected chi connectivity index (χ1v) is 12.3. The minimum atomic E-state index is -3.75. The second-order valence-electron chi connectivity index (χ2n) is 7.73. The highest BCUT2D eigenvalue weighted by atomic mass is 32.2. The average Bonchev–Trinajstić information content (AvgIpc) is 2.81. The van der Waals surface area contributed by atoms with E-state index in [0.717, 1.165) is 5.56 Å². The molecule has 33 heavy (non-hydrogen) atoms. The Kier molecular flexibility index (Phi) is 7.50. The van der Waals surface area contributed by atoms with Crippen molar-refractivity contribution >= 4 is 26.8 Å². The molecule has 3 rings (SSSR count). The van der Waals surface area contributed by atoms with Crippen LogP contribution in [-0.2, 0) is 23.1 Å². The van der Waals surface area contributed by atoms with Crippen LogP contribution in [0.3, 0.4) is 0 Å². The SMILES string of the molecule is C=CCn1cc(C(=O)N(C)Cc2ccccc2)c(=O)c2cc(S(=O)(=O)N(CC)CC)ccc21. The van der Waals surface area contributed by atoms with Gasteiger partial charge in [0.05, 0.1) is 10.4 Å². The first-order valence-electron chi connectivity index (χ1n) is 10.8. The highest BCUT2D eigenvalue weighted by Gasteiger charge is 2.24. The standard InChI is InChI=1S/C25H29N3O4S/c1-5-15-27-18-22(25(30)26(4)17-19-11-9-8-10-12-19)24(29)21-16-20(13-14-23(21)27)33(31,32)28(6-2)7-3/h5,8-14,16,18H,1,6-7,15,17H2,2-4H3. The first-order chi connectivity index (χ1) is 15.7. The molecule has 0 aliphatic heterocycles. The number of nitrogens with zero attached hydrogens (tertiary/aromatic N) is 3. The van der Waals surface area contributed by atoms with Gasteiger partial charge in [0.25, 0.3) is 5.91 Å². The smallest absolute Gasteiger partial charge is 0.259 e. The van der Waals surface area contributed by atoms with Crippen molar-refractivity contribution in [2.24, 2.45) is 0 Å². The second-order valence-corrected chi connectivity index (χ2v) is 9.67. The molecule has 3 aromatic rings. The molecule has 8 heteroatoms. The van der Waals surface area contributed by atoms with E-state index in [0.29, 0.717) is 31.7 Å². The molecular weight excluding hydrogens is 438 g/mol. The van der Waals surface area contributed by atoms with Gasteiger partial charge in [-0.2, -0.15) is 4.31 Å². The van der Waals surface area contributed by atoms with Crippen LogP contribution in [0.5, 0.6) is 0 Å². The third-order valence-electron chi connectivity index (χ3n) is 5.56. The average molecular weight is 468 g/mol. The third kappa shape index (κ3) is 4.91. The molecule has 0 aliphatic rings. The Hall–Kier alpha value is -3.23. The summed E-state index contributed by atoms with van der Waals surface area (Å²) in [6.45, 7) is 8.63. The van der Waals surface area contributed by atoms with Crippen LogP contribution in [0.1, 0.15) is 29.8 Å². The van der Waals surface area contributed by atoms with Gasteiger partial charge in [-0.3, -0.25) is 9.59 Å². The maximum Gasteiger partial charge on any atom is 0.259 e. The van der Waals surface area contributed by atoms with Crippen LogP contribution >= 0.6 is 0 Å². The molecule has 0 bridgehead atoms. The molecule has 7 nitrogen and oxygen atoms in total. The van der Waals surface area contributed by atoms with Gasteiger partial charge in [-0.1, -0.05) is 50.3 Å². The summed E-state index contributed by atoms with van der Waals surface area (Å²) >= 11 is 0. The molecule has 0 radical (unpaired) electrons. The molecule has 2 aromatic carbocycles. The normalized spacial score (nSPS) is 11.6. The van der Waals surface area contributed by atoms with Crippen molar-refractivity contribution < 1.29 is 13.2 Å². The zero-order chi connectivity index (χ0) is 24.2. The van der Waals surface area contributed by atoms with Gasteiger partial charge in [0.15, 0.2) is 0 Å². The Bertz CT molecular complexity index is 1330. The van der Waals surface area contributed by atoms with Crippen molar-refractivity contribution in [3.05, 3.63) is 88.7 Å². The molecule has 0 saturated carbocycles. The number of fused-ring (bicyclic) bond motifs is 1. The Morgan fingerprint density at radius 1 is 1.09 bits per heavy atom. The third-order valence-corrected chi connectivity index (χ3v) is 7.61. The van der Waals surface area contributed by atoms with Crippen LogP contribution < -0.4 is 5.43 Å². The number of hydrogen-bond acceptors (Lipinski definition) is 4. The predicted molar refractivity (Wildman–Crippen MR) is 131 cm³/mol. The molecular formula is C25H29N3O4S. The lowest BCUT2D eigenvalue weighted by Crippen LogP contribution is -2.32. The van der Waals surface area contributed by atoms with Crippen LogP contribution in [0.4, 0.5) is 0 Å². The van der Waals surface area contributed by atoms with Crippen molar-refractivity contribution in [3.63, 3.8) is 0 Å². The molecule has 1 aromatic heterocycles. The number of carbonyl (C=O) groups excluding carboxylic acids is 1. The van der Waals surface area contributed by atoms with E-state index in [9.17, 15) is 18.0 Å². The van der Waals surface area contributed by atoms with Crippen LogP contribution in [0, 0.1) is 0 Å². The van der Waals surface area contributed by atoms with E-state index in [1.54, 1.807) is 37.6 Å². The number of carbonyl (C=O) groups is 1. The molecule has 0 atom stereocenters. The van der Waals surface area contributed by atoms with E-state index in [-0.39, 0.29) is 15.8 Å². The monoisotopic (exact) mass is 467 g/mol. The highest BCUT2D eigenvalue weighted by molar-refractivity contribution is 7.89. The number of aromatic nitrogens is 1. The van der Waals surface area contributed by atoms with Crippen molar-refractivity contribution in [2.45, 2.75) is 31.8 Å². The van der Waals surface area contributed by atoms with Gasteiger partial charge in [0, 0.05) is 44.8 Å². The van der Waals surface area contributed by atoms with E-state index in [2.05, 4.69) is 6.58 Å². The minimum Gasteiger partial charge on any atom is -0.343 e. The molecule has 0 spiro atoms. The van der Waals surface area contributed by atoms with Gasteiger partial charge in [-0.15, -0.1) is 6.58 Å². The minimum absolute atomic E-state index is 0.0137. The van der Waals surface area contributed by atoms with Gasteiger partial charge in [0.2, 0.25) is 15.5 Å². The van der Waals surface area contributed by atoms with Gasteiger partial charge in [-0.25, -0.2) is 8.42 Å². The van der Waals surface area contributed by atoms with Crippen LogP contribution in [0.25, 0.3) is 10.9 Å². The quantitative estimate of drug-likeness (QED) is 0.451. The van der Waals surface area contributed by atoms with Crippen LogP contribution in [0.15, 0.2) is 77.1 Å². The Morgan fingerprint density at radius 3 is 2.36 bits per heavy atom. The summed E-state index contributed by atoms with van der Waals surface area (Å²) in [5, 5.41) is 0.184. The summed E-state index contributed by atoms with van der Waals surface area (Å²) in [5.41, 5.74) is 0.973. The van der Waals surface area contributed by atoms with Gasteiger partial charge in [-0.05, 0) is 23.8 Å². The van der Waals surface area contributed by atoms with Gasteiger partial charge < -0.3 is 9.47 Å². The Balaban J connectivity index is 2.14. The Labute approximate surface area is 194 Å². The molecule has 0 N–H and O–H groups in total. The van der Waals surface area contributed by atoms with Crippen LogP contribution in [0.2, 0.25) is 0 Å². The molecule has 1 heterocycles. The lowest BCUT2D eigenvalue weighted by Gasteiger charge is -2.20. The zero-order valence-electron chi connectivity index (χ0n) is 19.2. The molecule has 0 unspecified atom stereocenters. The lowest BCUT2D eigenvalue weighted by atomic mass is 10.1. The lowest BCUT2D eigenvalue weighted by molar-refractivity contribution is 0.0783. The predicted octanol–water partition coefficient (Wildman–Crippen LogP) is 3.49. The van der Waals surface area contributed by atoms with Crippen molar-refractivity contribution in [2.75, 3.05) is 20.1 Å². The highest BCUT2D eigenvalue weighted by Crippen LogP contribution is 2.21. The fourth-order valence-electron chi connectivity index (χ4n) is 3.83. The molecule has 0 aliphatic carbocycles. The summed E-state index contributed by atoms with van der Waals surface area (Å²) in [5.74, 6) is -0.430. The first kappa shape index (κ1) is 24.4. The van der Waals surface area contributed by atoms with Gasteiger partial charge in [0.1, 0.15) is 5.56 Å². The number of benzene rings is 2. The van der Waals surface area contributed by atoms with Crippen molar-refractivity contribution in [1.82, 2.24) is 13.8 Å². The summed E-state index contributed by atoms with van der Waals surface area (Å²) in [6, 6.07) is 14.0. The summed E-state index contributed by atoms with van der Waals surface area (Å²) in [4.78, 5) is 28.1. The topological polar surface area (TPSA) is 79.7 Å². The molecule has 174 valence electrons. The van der Waals surface area contributed by atoms with Crippen molar-refractivity contribution in [3.8, 4) is 0 Å². The summed E-state index contributed by atoms with van der Waals surface area (Å²) in [7, 11) is -2.12. The summed E-state index contributed by atoms with van der Waals surface area (Å²) in [6.07, 6.45) is 3.18. The largest absolute Gasteiger partial charge is 0.343 e. The van der Waals surface area contributed by atoms with E-state index >= 15 is 0 Å². The molecule has 1 amide bonds. The zero-order valence-corrected chi connectivity index (χ0v) is 20.0. The number of rotatable bonds is 9. The number of sulfonamides is 1. The fraction of sp³-hybridized carbons (Fsp3) is 0.280. The maximum absolute atomic E-state index is 13.4.